The van der Waals surface area contributed by atoms with Gasteiger partial charge in [0.15, 0.2) is 0 Å². The molecule has 94 valence electrons. The van der Waals surface area contributed by atoms with Gasteiger partial charge in [-0.05, 0) is 6.92 Å². The van der Waals surface area contributed by atoms with E-state index in [2.05, 4.69) is 15.3 Å². The van der Waals surface area contributed by atoms with Crippen molar-refractivity contribution in [3.8, 4) is 0 Å². The number of hydrogen-bond acceptors (Lipinski definition) is 4. The van der Waals surface area contributed by atoms with Crippen LogP contribution in [0.25, 0.3) is 0 Å². The molecule has 3 N–H and O–H groups in total. The number of amides is 1. The lowest BCUT2D eigenvalue weighted by molar-refractivity contribution is -0.144. The van der Waals surface area contributed by atoms with Gasteiger partial charge in [-0.15, -0.1) is 0 Å². The molecule has 0 bridgehead atoms. The molecule has 0 fully saturated rings. The van der Waals surface area contributed by atoms with Gasteiger partial charge >= 0.3 is 6.18 Å². The van der Waals surface area contributed by atoms with Crippen LogP contribution < -0.4 is 11.1 Å². The summed E-state index contributed by atoms with van der Waals surface area (Å²) in [6.07, 6.45) is -4.71. The number of nitrogens with one attached hydrogen (secondary N) is 1. The quantitative estimate of drug-likeness (QED) is 0.813. The third-order valence-electron chi connectivity index (χ3n) is 1.74. The SMILES string of the molecule is CC(Nc1cc(Cl)nc(C(F)(F)F)n1)C(N)=O. The Morgan fingerprint density at radius 3 is 2.59 bits per heavy atom. The average Bonchev–Trinajstić information content (AvgIpc) is 2.15. The summed E-state index contributed by atoms with van der Waals surface area (Å²) in [5.41, 5.74) is 4.95. The Labute approximate surface area is 99.2 Å². The first-order valence-corrected chi connectivity index (χ1v) is 4.75. The Morgan fingerprint density at radius 1 is 1.53 bits per heavy atom. The van der Waals surface area contributed by atoms with E-state index in [4.69, 9.17) is 17.3 Å². The minimum atomic E-state index is -4.71. The summed E-state index contributed by atoms with van der Waals surface area (Å²) in [6, 6.07) is 0.193. The topological polar surface area (TPSA) is 80.9 Å². The number of rotatable bonds is 3. The molecule has 1 heterocycles. The first kappa shape index (κ1) is 13.5. The fraction of sp³-hybridized carbons (Fsp3) is 0.375. The van der Waals surface area contributed by atoms with E-state index in [-0.39, 0.29) is 11.0 Å². The number of aromatic nitrogens is 2. The number of hydrogen-bond donors (Lipinski definition) is 2. The molecule has 1 aromatic heterocycles. The molecule has 0 aliphatic heterocycles. The van der Waals surface area contributed by atoms with E-state index in [1.54, 1.807) is 0 Å². The molecule has 1 atom stereocenters. The van der Waals surface area contributed by atoms with E-state index in [1.807, 2.05) is 0 Å². The molecule has 0 radical (unpaired) electrons. The molecule has 1 aromatic rings. The Kier molecular flexibility index (Phi) is 3.76. The normalized spacial score (nSPS) is 13.2. The number of anilines is 1. The molecule has 5 nitrogen and oxygen atoms in total. The monoisotopic (exact) mass is 268 g/mol. The summed E-state index contributed by atoms with van der Waals surface area (Å²) >= 11 is 5.41. The maximum Gasteiger partial charge on any atom is 0.451 e. The number of primary amides is 1. The minimum Gasteiger partial charge on any atom is -0.368 e. The van der Waals surface area contributed by atoms with Crippen molar-refractivity contribution in [1.82, 2.24) is 9.97 Å². The van der Waals surface area contributed by atoms with Crippen LogP contribution in [-0.4, -0.2) is 21.9 Å². The Morgan fingerprint density at radius 2 is 2.12 bits per heavy atom. The van der Waals surface area contributed by atoms with E-state index in [0.29, 0.717) is 0 Å². The van der Waals surface area contributed by atoms with Crippen molar-refractivity contribution in [3.05, 3.63) is 17.0 Å². The molecule has 1 rings (SSSR count). The van der Waals surface area contributed by atoms with Gasteiger partial charge in [0.1, 0.15) is 17.0 Å². The fourth-order valence-electron chi connectivity index (χ4n) is 0.911. The van der Waals surface area contributed by atoms with Crippen molar-refractivity contribution in [2.75, 3.05) is 5.32 Å². The molecular formula is C8H8ClF3N4O. The number of nitrogens with zero attached hydrogens (tertiary/aromatic N) is 2. The fourth-order valence-corrected chi connectivity index (χ4v) is 1.09. The van der Waals surface area contributed by atoms with Crippen LogP contribution in [0.4, 0.5) is 19.0 Å². The Bertz CT molecular complexity index is 437. The van der Waals surface area contributed by atoms with Crippen LogP contribution >= 0.6 is 11.6 Å². The van der Waals surface area contributed by atoms with Gasteiger partial charge in [-0.2, -0.15) is 13.2 Å². The highest BCUT2D eigenvalue weighted by atomic mass is 35.5. The van der Waals surface area contributed by atoms with Crippen molar-refractivity contribution in [1.29, 1.82) is 0 Å². The van der Waals surface area contributed by atoms with Gasteiger partial charge in [0.2, 0.25) is 11.7 Å². The van der Waals surface area contributed by atoms with Crippen LogP contribution in [0.1, 0.15) is 12.7 Å². The zero-order chi connectivity index (χ0) is 13.2. The highest BCUT2D eigenvalue weighted by Crippen LogP contribution is 2.28. The number of carbonyl (C=O) groups is 1. The number of carbonyl (C=O) groups excluding carboxylic acids is 1. The van der Waals surface area contributed by atoms with E-state index in [0.717, 1.165) is 6.07 Å². The van der Waals surface area contributed by atoms with Gasteiger partial charge in [0, 0.05) is 6.07 Å². The molecule has 1 amide bonds. The van der Waals surface area contributed by atoms with Gasteiger partial charge in [0.25, 0.3) is 0 Å². The van der Waals surface area contributed by atoms with Crippen LogP contribution in [0.15, 0.2) is 6.07 Å². The summed E-state index contributed by atoms with van der Waals surface area (Å²) in [5, 5.41) is 2.00. The predicted octanol–water partition coefficient (Wildman–Crippen LogP) is 1.43. The zero-order valence-electron chi connectivity index (χ0n) is 8.55. The van der Waals surface area contributed by atoms with Crippen LogP contribution in [0.5, 0.6) is 0 Å². The van der Waals surface area contributed by atoms with Crippen molar-refractivity contribution in [2.24, 2.45) is 5.73 Å². The summed E-state index contributed by atoms with van der Waals surface area (Å²) in [4.78, 5) is 16.9. The van der Waals surface area contributed by atoms with Crippen molar-refractivity contribution < 1.29 is 18.0 Å². The summed E-state index contributed by atoms with van der Waals surface area (Å²) in [5.74, 6) is -2.33. The van der Waals surface area contributed by atoms with Gasteiger partial charge < -0.3 is 11.1 Å². The van der Waals surface area contributed by atoms with Gasteiger partial charge in [-0.25, -0.2) is 9.97 Å². The molecular weight excluding hydrogens is 261 g/mol. The van der Waals surface area contributed by atoms with Gasteiger partial charge in [-0.1, -0.05) is 11.6 Å². The molecule has 0 saturated carbocycles. The lowest BCUT2D eigenvalue weighted by atomic mass is 10.3. The standard InChI is InChI=1S/C8H8ClF3N4O/c1-3(6(13)17)14-5-2-4(9)15-7(16-5)8(10,11)12/h2-3H,1H3,(H2,13,17)(H,14,15,16). The molecule has 0 saturated heterocycles. The van der Waals surface area contributed by atoms with E-state index >= 15 is 0 Å². The van der Waals surface area contributed by atoms with Crippen LogP contribution in [0.2, 0.25) is 5.15 Å². The van der Waals surface area contributed by atoms with Crippen LogP contribution in [-0.2, 0) is 11.0 Å². The summed E-state index contributed by atoms with van der Waals surface area (Å²) < 4.78 is 37.0. The van der Waals surface area contributed by atoms with E-state index < -0.39 is 23.9 Å². The van der Waals surface area contributed by atoms with Crippen molar-refractivity contribution in [3.63, 3.8) is 0 Å². The largest absolute Gasteiger partial charge is 0.451 e. The third-order valence-corrected chi connectivity index (χ3v) is 1.93. The molecule has 0 aliphatic carbocycles. The van der Waals surface area contributed by atoms with E-state index in [1.165, 1.54) is 6.92 Å². The minimum absolute atomic E-state index is 0.219. The summed E-state index contributed by atoms with van der Waals surface area (Å²) in [6.45, 7) is 1.38. The highest BCUT2D eigenvalue weighted by Gasteiger charge is 2.35. The second-order valence-electron chi connectivity index (χ2n) is 3.17. The van der Waals surface area contributed by atoms with E-state index in [9.17, 15) is 18.0 Å². The second-order valence-corrected chi connectivity index (χ2v) is 3.55. The Hall–Kier alpha value is -1.57. The smallest absolute Gasteiger partial charge is 0.368 e. The zero-order valence-corrected chi connectivity index (χ0v) is 9.30. The molecule has 17 heavy (non-hydrogen) atoms. The van der Waals surface area contributed by atoms with Crippen molar-refractivity contribution in [2.45, 2.75) is 19.1 Å². The van der Waals surface area contributed by atoms with Gasteiger partial charge in [-0.3, -0.25) is 4.79 Å². The number of nitrogens with two attached hydrogens (primary N) is 1. The first-order chi connectivity index (χ1) is 7.70. The summed E-state index contributed by atoms with van der Waals surface area (Å²) in [7, 11) is 0. The second kappa shape index (κ2) is 4.74. The third kappa shape index (κ3) is 3.74. The lowest BCUT2D eigenvalue weighted by Gasteiger charge is -2.12. The van der Waals surface area contributed by atoms with Gasteiger partial charge in [0.05, 0.1) is 0 Å². The highest BCUT2D eigenvalue weighted by molar-refractivity contribution is 6.29. The Balaban J connectivity index is 3.02. The maximum atomic E-state index is 12.3. The molecule has 0 aromatic carbocycles. The van der Waals surface area contributed by atoms with Crippen molar-refractivity contribution >= 4 is 23.3 Å². The van der Waals surface area contributed by atoms with Crippen LogP contribution in [0, 0.1) is 0 Å². The molecule has 0 spiro atoms. The number of halogens is 4. The number of alkyl halides is 3. The average molecular weight is 269 g/mol. The predicted molar refractivity (Wildman–Crippen MR) is 54.3 cm³/mol. The van der Waals surface area contributed by atoms with Crippen LogP contribution in [0.3, 0.4) is 0 Å². The lowest BCUT2D eigenvalue weighted by Crippen LogP contribution is -2.33. The first-order valence-electron chi connectivity index (χ1n) is 4.38. The molecule has 1 unspecified atom stereocenters. The molecule has 0 aliphatic rings. The molecule has 9 heteroatoms. The maximum absolute atomic E-state index is 12.3.